The van der Waals surface area contributed by atoms with E-state index >= 15 is 0 Å². The van der Waals surface area contributed by atoms with E-state index in [-0.39, 0.29) is 12.5 Å². The first kappa shape index (κ1) is 25.5. The zero-order chi connectivity index (χ0) is 25.2. The Morgan fingerprint density at radius 2 is 1.66 bits per heavy atom. The number of sulfonamides is 1. The van der Waals surface area contributed by atoms with Gasteiger partial charge in [0.1, 0.15) is 22.3 Å². The number of fused-ring (bicyclic) bond motifs is 1. The van der Waals surface area contributed by atoms with E-state index in [0.717, 1.165) is 48.9 Å². The Labute approximate surface area is 209 Å². The minimum atomic E-state index is -4.18. The van der Waals surface area contributed by atoms with E-state index in [0.29, 0.717) is 24.0 Å². The zero-order valence-corrected chi connectivity index (χ0v) is 21.1. The van der Waals surface area contributed by atoms with Gasteiger partial charge in [0.25, 0.3) is 0 Å². The van der Waals surface area contributed by atoms with Crippen LogP contribution in [0.5, 0.6) is 0 Å². The Kier molecular flexibility index (Phi) is 7.73. The van der Waals surface area contributed by atoms with Crippen LogP contribution < -0.4 is 14.9 Å². The summed E-state index contributed by atoms with van der Waals surface area (Å²) in [5.74, 6) is -0.0887. The SMILES string of the molecule is CN(C)c1nc(NCC2CCC(CNS(=O)(=O)c3cc(F)c(Cl)cc3F)CC2)nc2ccccc12. The molecule has 7 nitrogen and oxygen atoms in total. The van der Waals surface area contributed by atoms with Gasteiger partial charge in [-0.2, -0.15) is 4.98 Å². The normalized spacial score (nSPS) is 18.5. The Morgan fingerprint density at radius 1 is 1.00 bits per heavy atom. The molecule has 1 aliphatic rings. The van der Waals surface area contributed by atoms with Crippen molar-refractivity contribution in [1.82, 2.24) is 14.7 Å². The van der Waals surface area contributed by atoms with Gasteiger partial charge in [-0.3, -0.25) is 0 Å². The summed E-state index contributed by atoms with van der Waals surface area (Å²) in [4.78, 5) is 10.5. The van der Waals surface area contributed by atoms with Crippen LogP contribution in [0.2, 0.25) is 5.02 Å². The maximum atomic E-state index is 14.0. The third-order valence-electron chi connectivity index (χ3n) is 6.35. The number of rotatable bonds is 8. The third-order valence-corrected chi connectivity index (χ3v) is 8.08. The van der Waals surface area contributed by atoms with Crippen LogP contribution in [-0.4, -0.2) is 45.6 Å². The second-order valence-electron chi connectivity index (χ2n) is 9.10. The fourth-order valence-electron chi connectivity index (χ4n) is 4.37. The number of nitrogens with one attached hydrogen (secondary N) is 2. The number of aromatic nitrogens is 2. The summed E-state index contributed by atoms with van der Waals surface area (Å²) in [5.41, 5.74) is 0.877. The van der Waals surface area contributed by atoms with Crippen molar-refractivity contribution in [3.63, 3.8) is 0 Å². The minimum absolute atomic E-state index is 0.124. The molecule has 1 aromatic heterocycles. The van der Waals surface area contributed by atoms with Crippen LogP contribution in [-0.2, 0) is 10.0 Å². The zero-order valence-electron chi connectivity index (χ0n) is 19.6. The molecule has 2 aromatic carbocycles. The van der Waals surface area contributed by atoms with E-state index in [1.165, 1.54) is 0 Å². The smallest absolute Gasteiger partial charge is 0.243 e. The number of halogens is 3. The van der Waals surface area contributed by atoms with Crippen molar-refractivity contribution in [1.29, 1.82) is 0 Å². The molecule has 0 radical (unpaired) electrons. The molecule has 0 bridgehead atoms. The minimum Gasteiger partial charge on any atom is -0.362 e. The van der Waals surface area contributed by atoms with Crippen molar-refractivity contribution in [2.45, 2.75) is 30.6 Å². The molecule has 0 atom stereocenters. The van der Waals surface area contributed by atoms with Crippen molar-refractivity contribution in [3.05, 3.63) is 53.1 Å². The molecule has 0 unspecified atom stereocenters. The lowest BCUT2D eigenvalue weighted by Gasteiger charge is -2.28. The summed E-state index contributed by atoms with van der Waals surface area (Å²) >= 11 is 5.52. The fourth-order valence-corrected chi connectivity index (χ4v) is 5.71. The maximum absolute atomic E-state index is 14.0. The Bertz CT molecular complexity index is 1310. The summed E-state index contributed by atoms with van der Waals surface area (Å²) in [5, 5.41) is 3.90. The molecular formula is C24H28ClF2N5O2S. The van der Waals surface area contributed by atoms with Crippen LogP contribution in [0.4, 0.5) is 20.5 Å². The highest BCUT2D eigenvalue weighted by Crippen LogP contribution is 2.30. The Hall–Kier alpha value is -2.56. The van der Waals surface area contributed by atoms with Gasteiger partial charge in [0.2, 0.25) is 16.0 Å². The van der Waals surface area contributed by atoms with Gasteiger partial charge in [-0.1, -0.05) is 23.7 Å². The van der Waals surface area contributed by atoms with Crippen LogP contribution in [0.15, 0.2) is 41.3 Å². The van der Waals surface area contributed by atoms with E-state index in [2.05, 4.69) is 20.0 Å². The van der Waals surface area contributed by atoms with E-state index in [4.69, 9.17) is 11.6 Å². The molecule has 0 saturated heterocycles. The Balaban J connectivity index is 1.30. The van der Waals surface area contributed by atoms with Gasteiger partial charge in [-0.25, -0.2) is 26.9 Å². The summed E-state index contributed by atoms with van der Waals surface area (Å²) in [6, 6.07) is 9.16. The summed E-state index contributed by atoms with van der Waals surface area (Å²) in [6.07, 6.45) is 3.48. The third kappa shape index (κ3) is 5.99. The number of hydrogen-bond donors (Lipinski definition) is 2. The number of hydrogen-bond acceptors (Lipinski definition) is 6. The van der Waals surface area contributed by atoms with E-state index in [1.54, 1.807) is 0 Å². The van der Waals surface area contributed by atoms with E-state index in [9.17, 15) is 17.2 Å². The van der Waals surface area contributed by atoms with Gasteiger partial charge in [-0.05, 0) is 61.8 Å². The molecule has 188 valence electrons. The van der Waals surface area contributed by atoms with Crippen molar-refractivity contribution < 1.29 is 17.2 Å². The van der Waals surface area contributed by atoms with E-state index in [1.807, 2.05) is 43.3 Å². The molecule has 1 fully saturated rings. The van der Waals surface area contributed by atoms with Crippen LogP contribution in [0, 0.1) is 23.5 Å². The number of nitrogens with zero attached hydrogens (tertiary/aromatic N) is 3. The highest BCUT2D eigenvalue weighted by atomic mass is 35.5. The monoisotopic (exact) mass is 523 g/mol. The molecule has 2 N–H and O–H groups in total. The van der Waals surface area contributed by atoms with Gasteiger partial charge >= 0.3 is 0 Å². The van der Waals surface area contributed by atoms with Crippen molar-refractivity contribution in [3.8, 4) is 0 Å². The van der Waals surface area contributed by atoms with Gasteiger partial charge in [0.05, 0.1) is 10.5 Å². The van der Waals surface area contributed by atoms with Crippen LogP contribution in [0.1, 0.15) is 25.7 Å². The first-order valence-corrected chi connectivity index (χ1v) is 13.3. The standard InChI is InChI=1S/C24H28ClF2N5O2S/c1-32(2)23-17-5-3-4-6-21(17)30-24(31-23)28-13-15-7-9-16(10-8-15)14-29-35(33,34)22-12-19(26)18(25)11-20(22)27/h3-6,11-12,15-16,29H,7-10,13-14H2,1-2H3,(H,28,30,31). The fraction of sp³-hybridized carbons (Fsp3) is 0.417. The maximum Gasteiger partial charge on any atom is 0.243 e. The highest BCUT2D eigenvalue weighted by Gasteiger charge is 2.26. The van der Waals surface area contributed by atoms with Crippen molar-refractivity contribution in [2.75, 3.05) is 37.4 Å². The molecule has 35 heavy (non-hydrogen) atoms. The second-order valence-corrected chi connectivity index (χ2v) is 11.2. The van der Waals surface area contributed by atoms with Crippen molar-refractivity contribution in [2.24, 2.45) is 11.8 Å². The summed E-state index contributed by atoms with van der Waals surface area (Å²) in [6.45, 7) is 0.894. The van der Waals surface area contributed by atoms with Gasteiger partial charge in [0, 0.05) is 32.6 Å². The first-order chi connectivity index (χ1) is 16.6. The topological polar surface area (TPSA) is 87.2 Å². The average molecular weight is 524 g/mol. The van der Waals surface area contributed by atoms with Crippen molar-refractivity contribution >= 4 is 44.3 Å². The molecule has 1 aliphatic carbocycles. The van der Waals surface area contributed by atoms with Gasteiger partial charge in [0.15, 0.2) is 0 Å². The average Bonchev–Trinajstić information content (AvgIpc) is 2.83. The van der Waals surface area contributed by atoms with Crippen LogP contribution in [0.25, 0.3) is 10.9 Å². The largest absolute Gasteiger partial charge is 0.362 e. The summed E-state index contributed by atoms with van der Waals surface area (Å²) in [7, 11) is -0.274. The predicted molar refractivity (Wildman–Crippen MR) is 134 cm³/mol. The van der Waals surface area contributed by atoms with Gasteiger partial charge in [-0.15, -0.1) is 0 Å². The molecular weight excluding hydrogens is 496 g/mol. The molecule has 11 heteroatoms. The number of anilines is 2. The molecule has 0 spiro atoms. The number of para-hydroxylation sites is 1. The van der Waals surface area contributed by atoms with Gasteiger partial charge < -0.3 is 10.2 Å². The lowest BCUT2D eigenvalue weighted by Crippen LogP contribution is -2.32. The molecule has 1 saturated carbocycles. The highest BCUT2D eigenvalue weighted by molar-refractivity contribution is 7.89. The van der Waals surface area contributed by atoms with Crippen LogP contribution >= 0.6 is 11.6 Å². The second kappa shape index (κ2) is 10.6. The molecule has 3 aromatic rings. The quantitative estimate of drug-likeness (QED) is 0.411. The molecule has 0 aliphatic heterocycles. The first-order valence-electron chi connectivity index (χ1n) is 11.5. The lowest BCUT2D eigenvalue weighted by atomic mass is 9.82. The molecule has 4 rings (SSSR count). The van der Waals surface area contributed by atoms with Crippen LogP contribution in [0.3, 0.4) is 0 Å². The predicted octanol–water partition coefficient (Wildman–Crippen LogP) is 4.82. The number of benzene rings is 2. The summed E-state index contributed by atoms with van der Waals surface area (Å²) < 4.78 is 55.0. The lowest BCUT2D eigenvalue weighted by molar-refractivity contribution is 0.284. The molecule has 0 amide bonds. The Morgan fingerprint density at radius 3 is 2.34 bits per heavy atom. The molecule has 1 heterocycles. The van der Waals surface area contributed by atoms with E-state index < -0.39 is 31.6 Å².